The summed E-state index contributed by atoms with van der Waals surface area (Å²) in [7, 11) is 0. The Bertz CT molecular complexity index is 329. The second kappa shape index (κ2) is 4.03. The van der Waals surface area contributed by atoms with Crippen molar-refractivity contribution in [2.75, 3.05) is 5.75 Å². The van der Waals surface area contributed by atoms with Crippen LogP contribution in [0.5, 0.6) is 0 Å². The summed E-state index contributed by atoms with van der Waals surface area (Å²) >= 11 is 1.62. The van der Waals surface area contributed by atoms with Gasteiger partial charge in [-0.15, -0.1) is 24.2 Å². The number of halogens is 1. The molecule has 0 aromatic rings. The number of thioether (sulfide) groups is 1. The minimum Gasteiger partial charge on any atom is -0.478 e. The van der Waals surface area contributed by atoms with Crippen LogP contribution in [0.1, 0.15) is 6.42 Å². The van der Waals surface area contributed by atoms with Crippen molar-refractivity contribution in [1.82, 2.24) is 0 Å². The fraction of sp³-hybridized carbons (Fsp3) is 0.222. The lowest BCUT2D eigenvalue weighted by atomic mass is 10.0. The van der Waals surface area contributed by atoms with Crippen molar-refractivity contribution in [3.8, 4) is 0 Å². The van der Waals surface area contributed by atoms with E-state index in [1.54, 1.807) is 11.8 Å². The number of hydrogen-bond donors (Lipinski definition) is 1. The first-order valence-corrected chi connectivity index (χ1v) is 4.74. The number of hydrogen-bond acceptors (Lipinski definition) is 2. The molecule has 0 aromatic heterocycles. The second-order valence-electron chi connectivity index (χ2n) is 2.69. The first-order valence-electron chi connectivity index (χ1n) is 3.75. The second-order valence-corrected chi connectivity index (χ2v) is 3.71. The van der Waals surface area contributed by atoms with Gasteiger partial charge in [0.2, 0.25) is 0 Å². The lowest BCUT2D eigenvalue weighted by Crippen LogP contribution is -2.02. The standard InChI is InChI=1S/C9H8O2S.ClH/c10-9(11)7-5-12-8-4-2-1-3-6(7)8;/h1,3-4H,2,5H2,(H,10,11);1H. The van der Waals surface area contributed by atoms with Crippen LogP contribution in [0.25, 0.3) is 0 Å². The molecule has 0 saturated heterocycles. The maximum Gasteiger partial charge on any atom is 0.333 e. The topological polar surface area (TPSA) is 37.3 Å². The molecule has 70 valence electrons. The van der Waals surface area contributed by atoms with Crippen molar-refractivity contribution in [2.24, 2.45) is 0 Å². The Hall–Kier alpha value is -0.670. The van der Waals surface area contributed by atoms with Crippen molar-refractivity contribution in [3.63, 3.8) is 0 Å². The fourth-order valence-corrected chi connectivity index (χ4v) is 2.48. The van der Waals surface area contributed by atoms with E-state index in [4.69, 9.17) is 5.11 Å². The van der Waals surface area contributed by atoms with Crippen LogP contribution in [0.3, 0.4) is 0 Å². The molecule has 2 aliphatic rings. The summed E-state index contributed by atoms with van der Waals surface area (Å²) in [6, 6.07) is 0. The first kappa shape index (κ1) is 10.4. The van der Waals surface area contributed by atoms with E-state index >= 15 is 0 Å². The third-order valence-electron chi connectivity index (χ3n) is 1.94. The van der Waals surface area contributed by atoms with Gasteiger partial charge in [-0.1, -0.05) is 18.2 Å². The van der Waals surface area contributed by atoms with Gasteiger partial charge in [0, 0.05) is 10.7 Å². The Kier molecular flexibility index (Phi) is 3.22. The largest absolute Gasteiger partial charge is 0.478 e. The van der Waals surface area contributed by atoms with E-state index in [1.165, 1.54) is 0 Å². The van der Waals surface area contributed by atoms with E-state index in [9.17, 15) is 4.79 Å². The van der Waals surface area contributed by atoms with Crippen molar-refractivity contribution in [3.05, 3.63) is 34.3 Å². The molecule has 0 bridgehead atoms. The van der Waals surface area contributed by atoms with Crippen molar-refractivity contribution in [2.45, 2.75) is 6.42 Å². The van der Waals surface area contributed by atoms with Crippen LogP contribution in [0, 0.1) is 0 Å². The summed E-state index contributed by atoms with van der Waals surface area (Å²) in [5.74, 6) is -0.173. The van der Waals surface area contributed by atoms with Gasteiger partial charge in [0.1, 0.15) is 0 Å². The van der Waals surface area contributed by atoms with Gasteiger partial charge in [0.25, 0.3) is 0 Å². The molecular formula is C9H9ClO2S. The minimum absolute atomic E-state index is 0. The van der Waals surface area contributed by atoms with Gasteiger partial charge in [-0.25, -0.2) is 4.79 Å². The zero-order chi connectivity index (χ0) is 8.55. The molecule has 0 fully saturated rings. The van der Waals surface area contributed by atoms with E-state index in [2.05, 4.69) is 6.08 Å². The number of allylic oxidation sites excluding steroid dienone is 4. The summed E-state index contributed by atoms with van der Waals surface area (Å²) in [5, 5.41) is 8.82. The average Bonchev–Trinajstić information content (AvgIpc) is 2.47. The lowest BCUT2D eigenvalue weighted by molar-refractivity contribution is -0.132. The van der Waals surface area contributed by atoms with Crippen LogP contribution in [0.4, 0.5) is 0 Å². The molecule has 1 heterocycles. The van der Waals surface area contributed by atoms with Gasteiger partial charge in [-0.3, -0.25) is 0 Å². The molecule has 0 amide bonds. The van der Waals surface area contributed by atoms with Crippen LogP contribution in [0.2, 0.25) is 0 Å². The molecule has 0 saturated carbocycles. The summed E-state index contributed by atoms with van der Waals surface area (Å²) < 4.78 is 0. The Labute approximate surface area is 86.8 Å². The third kappa shape index (κ3) is 1.81. The average molecular weight is 217 g/mol. The Balaban J connectivity index is 0.000000845. The third-order valence-corrected chi connectivity index (χ3v) is 3.08. The zero-order valence-corrected chi connectivity index (χ0v) is 8.45. The van der Waals surface area contributed by atoms with Crippen LogP contribution in [0.15, 0.2) is 34.3 Å². The number of carboxylic acid groups (broad SMARTS) is 1. The molecule has 0 aromatic carbocycles. The summed E-state index contributed by atoms with van der Waals surface area (Å²) in [5.41, 5.74) is 1.46. The molecule has 4 heteroatoms. The van der Waals surface area contributed by atoms with E-state index in [0.717, 1.165) is 16.9 Å². The quantitative estimate of drug-likeness (QED) is 0.731. The lowest BCUT2D eigenvalue weighted by Gasteiger charge is -2.03. The van der Waals surface area contributed by atoms with E-state index in [0.29, 0.717) is 11.3 Å². The van der Waals surface area contributed by atoms with Gasteiger partial charge in [0.05, 0.1) is 5.57 Å². The predicted molar refractivity (Wildman–Crippen MR) is 56.2 cm³/mol. The normalized spacial score (nSPS) is 19.2. The SMILES string of the molecule is Cl.O=C(O)C1=C2C=CCC=C2SC1. The molecule has 0 spiro atoms. The van der Waals surface area contributed by atoms with Gasteiger partial charge in [0.15, 0.2) is 0 Å². The molecule has 2 rings (SSSR count). The molecule has 0 atom stereocenters. The maximum atomic E-state index is 10.7. The zero-order valence-electron chi connectivity index (χ0n) is 6.82. The molecule has 1 N–H and O–H groups in total. The number of carbonyl (C=O) groups is 1. The van der Waals surface area contributed by atoms with Gasteiger partial charge < -0.3 is 5.11 Å². The van der Waals surface area contributed by atoms with Crippen molar-refractivity contribution in [1.29, 1.82) is 0 Å². The highest BCUT2D eigenvalue weighted by Crippen LogP contribution is 2.39. The molecule has 13 heavy (non-hydrogen) atoms. The summed E-state index contributed by atoms with van der Waals surface area (Å²) in [6.45, 7) is 0. The van der Waals surface area contributed by atoms with Crippen LogP contribution in [-0.2, 0) is 4.79 Å². The molecular weight excluding hydrogens is 208 g/mol. The van der Waals surface area contributed by atoms with Crippen LogP contribution >= 0.6 is 24.2 Å². The van der Waals surface area contributed by atoms with Crippen molar-refractivity contribution < 1.29 is 9.90 Å². The highest BCUT2D eigenvalue weighted by molar-refractivity contribution is 8.03. The van der Waals surface area contributed by atoms with E-state index < -0.39 is 5.97 Å². The highest BCUT2D eigenvalue weighted by atomic mass is 35.5. The Morgan fingerprint density at radius 1 is 1.54 bits per heavy atom. The Morgan fingerprint density at radius 3 is 3.00 bits per heavy atom. The smallest absolute Gasteiger partial charge is 0.333 e. The van der Waals surface area contributed by atoms with Crippen LogP contribution in [-0.4, -0.2) is 16.8 Å². The molecule has 0 unspecified atom stereocenters. The maximum absolute atomic E-state index is 10.7. The molecule has 0 radical (unpaired) electrons. The predicted octanol–water partition coefficient (Wildman–Crippen LogP) is 2.38. The van der Waals surface area contributed by atoms with Gasteiger partial charge in [-0.2, -0.15) is 0 Å². The van der Waals surface area contributed by atoms with Gasteiger partial charge >= 0.3 is 5.97 Å². The number of rotatable bonds is 1. The fourth-order valence-electron chi connectivity index (χ4n) is 1.34. The molecule has 1 aliphatic carbocycles. The molecule has 1 aliphatic heterocycles. The number of carboxylic acids is 1. The first-order chi connectivity index (χ1) is 5.79. The van der Waals surface area contributed by atoms with Crippen LogP contribution < -0.4 is 0 Å². The van der Waals surface area contributed by atoms with Crippen molar-refractivity contribution >= 4 is 30.1 Å². The Morgan fingerprint density at radius 2 is 2.31 bits per heavy atom. The summed E-state index contributed by atoms with van der Waals surface area (Å²) in [6.07, 6.45) is 6.92. The monoisotopic (exact) mass is 216 g/mol. The number of aliphatic carboxylic acids is 1. The number of fused-ring (bicyclic) bond motifs is 1. The van der Waals surface area contributed by atoms with Gasteiger partial charge in [-0.05, 0) is 12.0 Å². The summed E-state index contributed by atoms with van der Waals surface area (Å²) in [4.78, 5) is 11.9. The molecule has 2 nitrogen and oxygen atoms in total. The van der Waals surface area contributed by atoms with E-state index in [1.807, 2.05) is 12.2 Å². The van der Waals surface area contributed by atoms with E-state index in [-0.39, 0.29) is 12.4 Å². The highest BCUT2D eigenvalue weighted by Gasteiger charge is 2.23. The minimum atomic E-state index is -0.785.